The van der Waals surface area contributed by atoms with Gasteiger partial charge in [-0.15, -0.1) is 0 Å². The largest absolute Gasteiger partial charge is 0.480 e. The highest BCUT2D eigenvalue weighted by Crippen LogP contribution is 2.21. The minimum Gasteiger partial charge on any atom is -0.480 e. The summed E-state index contributed by atoms with van der Waals surface area (Å²) in [6.45, 7) is 1.20. The van der Waals surface area contributed by atoms with Gasteiger partial charge in [0.25, 0.3) is 0 Å². The Labute approximate surface area is 81.2 Å². The highest BCUT2D eigenvalue weighted by molar-refractivity contribution is 7.92. The van der Waals surface area contributed by atoms with E-state index in [4.69, 9.17) is 5.11 Å². The summed E-state index contributed by atoms with van der Waals surface area (Å²) in [5.41, 5.74) is 0. The number of hydrogen-bond acceptors (Lipinski definition) is 4. The fraction of sp³-hybridized carbons (Fsp3) is 0.714. The SMILES string of the molecule is CC(=O)NC(C(=O)O)C1CS(=O)(=O)C1. The Bertz CT molecular complexity index is 348. The van der Waals surface area contributed by atoms with E-state index in [0.29, 0.717) is 0 Å². The van der Waals surface area contributed by atoms with Crippen LogP contribution in [0.4, 0.5) is 0 Å². The van der Waals surface area contributed by atoms with Crippen molar-refractivity contribution in [3.63, 3.8) is 0 Å². The molecule has 2 N–H and O–H groups in total. The highest BCUT2D eigenvalue weighted by atomic mass is 32.2. The Morgan fingerprint density at radius 2 is 1.93 bits per heavy atom. The van der Waals surface area contributed by atoms with Gasteiger partial charge in [0, 0.05) is 12.8 Å². The molecule has 0 radical (unpaired) electrons. The maximum absolute atomic E-state index is 10.8. The molecule has 1 atom stereocenters. The van der Waals surface area contributed by atoms with Gasteiger partial charge in [0.2, 0.25) is 5.91 Å². The third-order valence-corrected chi connectivity index (χ3v) is 3.90. The standard InChI is InChI=1S/C7H11NO5S/c1-4(9)8-6(7(10)11)5-2-14(12,13)3-5/h5-6H,2-3H2,1H3,(H,8,9)(H,10,11). The first-order valence-electron chi connectivity index (χ1n) is 4.02. The number of carbonyl (C=O) groups is 2. The van der Waals surface area contributed by atoms with Crippen molar-refractivity contribution in [3.05, 3.63) is 0 Å². The number of carboxylic acids is 1. The number of amides is 1. The Hall–Kier alpha value is -1.11. The van der Waals surface area contributed by atoms with Crippen LogP contribution in [0.25, 0.3) is 0 Å². The molecule has 0 aliphatic carbocycles. The van der Waals surface area contributed by atoms with Gasteiger partial charge in [0.1, 0.15) is 6.04 Å². The van der Waals surface area contributed by atoms with Crippen molar-refractivity contribution in [2.45, 2.75) is 13.0 Å². The molecule has 1 heterocycles. The molecule has 1 aliphatic rings. The van der Waals surface area contributed by atoms with E-state index >= 15 is 0 Å². The lowest BCUT2D eigenvalue weighted by molar-refractivity contribution is -0.142. The van der Waals surface area contributed by atoms with Gasteiger partial charge in [-0.1, -0.05) is 0 Å². The number of carboxylic acid groups (broad SMARTS) is 1. The van der Waals surface area contributed by atoms with Crippen LogP contribution in [0.1, 0.15) is 6.92 Å². The second-order valence-electron chi connectivity index (χ2n) is 3.35. The zero-order valence-electron chi connectivity index (χ0n) is 7.56. The summed E-state index contributed by atoms with van der Waals surface area (Å²) in [6, 6.07) is -1.09. The van der Waals surface area contributed by atoms with E-state index in [1.54, 1.807) is 0 Å². The zero-order valence-corrected chi connectivity index (χ0v) is 8.37. The fourth-order valence-electron chi connectivity index (χ4n) is 1.40. The number of nitrogens with one attached hydrogen (secondary N) is 1. The highest BCUT2D eigenvalue weighted by Gasteiger charge is 2.42. The van der Waals surface area contributed by atoms with Gasteiger partial charge in [-0.2, -0.15) is 0 Å². The molecule has 0 aromatic heterocycles. The Balaban J connectivity index is 2.62. The molecule has 6 nitrogen and oxygen atoms in total. The lowest BCUT2D eigenvalue weighted by atomic mass is 10.0. The Morgan fingerprint density at radius 3 is 2.21 bits per heavy atom. The van der Waals surface area contributed by atoms with Crippen molar-refractivity contribution in [1.82, 2.24) is 5.32 Å². The quantitative estimate of drug-likeness (QED) is 0.611. The molecule has 14 heavy (non-hydrogen) atoms. The van der Waals surface area contributed by atoms with Gasteiger partial charge in [-0.25, -0.2) is 13.2 Å². The molecule has 0 aromatic rings. The molecule has 1 aliphatic heterocycles. The average Bonchev–Trinajstić information content (AvgIpc) is 1.94. The van der Waals surface area contributed by atoms with Gasteiger partial charge in [0.15, 0.2) is 9.84 Å². The van der Waals surface area contributed by atoms with Crippen molar-refractivity contribution >= 4 is 21.7 Å². The predicted octanol–water partition coefficient (Wildman–Crippen LogP) is -1.38. The minimum absolute atomic E-state index is 0.162. The monoisotopic (exact) mass is 221 g/mol. The van der Waals surface area contributed by atoms with Gasteiger partial charge >= 0.3 is 5.97 Å². The number of carbonyl (C=O) groups excluding carboxylic acids is 1. The summed E-state index contributed by atoms with van der Waals surface area (Å²) in [7, 11) is -3.06. The van der Waals surface area contributed by atoms with Crippen LogP contribution in [0.3, 0.4) is 0 Å². The van der Waals surface area contributed by atoms with E-state index in [1.165, 1.54) is 6.92 Å². The molecule has 1 fully saturated rings. The predicted molar refractivity (Wildman–Crippen MR) is 47.4 cm³/mol. The minimum atomic E-state index is -3.06. The van der Waals surface area contributed by atoms with Crippen molar-refractivity contribution < 1.29 is 23.1 Å². The molecule has 7 heteroatoms. The molecule has 0 bridgehead atoms. The van der Waals surface area contributed by atoms with E-state index in [1.807, 2.05) is 0 Å². The molecule has 1 amide bonds. The van der Waals surface area contributed by atoms with Crippen LogP contribution in [-0.4, -0.2) is 42.9 Å². The third kappa shape index (κ3) is 2.44. The van der Waals surface area contributed by atoms with Gasteiger partial charge in [-0.3, -0.25) is 4.79 Å². The average molecular weight is 221 g/mol. The first-order valence-corrected chi connectivity index (χ1v) is 5.84. The summed E-state index contributed by atoms with van der Waals surface area (Å²) in [5, 5.41) is 10.9. The van der Waals surface area contributed by atoms with Crippen molar-refractivity contribution in [2.75, 3.05) is 11.5 Å². The van der Waals surface area contributed by atoms with E-state index < -0.39 is 33.7 Å². The summed E-state index contributed by atoms with van der Waals surface area (Å²) in [6.07, 6.45) is 0. The molecule has 1 saturated heterocycles. The van der Waals surface area contributed by atoms with E-state index in [0.717, 1.165) is 0 Å². The van der Waals surface area contributed by atoms with Crippen LogP contribution in [0.5, 0.6) is 0 Å². The van der Waals surface area contributed by atoms with Crippen molar-refractivity contribution in [1.29, 1.82) is 0 Å². The number of rotatable bonds is 3. The van der Waals surface area contributed by atoms with Gasteiger partial charge in [0.05, 0.1) is 11.5 Å². The number of sulfone groups is 1. The summed E-state index contributed by atoms with van der Waals surface area (Å²) in [5.74, 6) is -2.49. The number of aliphatic carboxylic acids is 1. The second kappa shape index (κ2) is 3.56. The lowest BCUT2D eigenvalue weighted by Crippen LogP contribution is -2.54. The second-order valence-corrected chi connectivity index (χ2v) is 5.51. The van der Waals surface area contributed by atoms with Crippen LogP contribution < -0.4 is 5.32 Å². The van der Waals surface area contributed by atoms with Crippen LogP contribution in [0.15, 0.2) is 0 Å². The molecular weight excluding hydrogens is 210 g/mol. The molecule has 80 valence electrons. The smallest absolute Gasteiger partial charge is 0.326 e. The van der Waals surface area contributed by atoms with E-state index in [2.05, 4.69) is 5.32 Å². The molecule has 1 unspecified atom stereocenters. The van der Waals surface area contributed by atoms with Crippen LogP contribution in [0, 0.1) is 5.92 Å². The zero-order chi connectivity index (χ0) is 10.9. The number of hydrogen-bond donors (Lipinski definition) is 2. The summed E-state index contributed by atoms with van der Waals surface area (Å²) >= 11 is 0. The van der Waals surface area contributed by atoms with Crippen molar-refractivity contribution in [3.8, 4) is 0 Å². The fourth-order valence-corrected chi connectivity index (χ4v) is 2.99. The maximum Gasteiger partial charge on any atom is 0.326 e. The molecule has 0 spiro atoms. The lowest BCUT2D eigenvalue weighted by Gasteiger charge is -2.30. The van der Waals surface area contributed by atoms with Gasteiger partial charge in [-0.05, 0) is 0 Å². The Morgan fingerprint density at radius 1 is 1.43 bits per heavy atom. The first kappa shape index (κ1) is 11.0. The Kier molecular flexibility index (Phi) is 2.79. The van der Waals surface area contributed by atoms with E-state index in [-0.39, 0.29) is 11.5 Å². The maximum atomic E-state index is 10.8. The molecule has 0 aromatic carbocycles. The topological polar surface area (TPSA) is 101 Å². The van der Waals surface area contributed by atoms with E-state index in [9.17, 15) is 18.0 Å². The summed E-state index contributed by atoms with van der Waals surface area (Å²) in [4.78, 5) is 21.3. The van der Waals surface area contributed by atoms with Crippen LogP contribution >= 0.6 is 0 Å². The van der Waals surface area contributed by atoms with Crippen LogP contribution in [-0.2, 0) is 19.4 Å². The third-order valence-electron chi connectivity index (χ3n) is 2.03. The first-order chi connectivity index (χ1) is 6.32. The van der Waals surface area contributed by atoms with Crippen molar-refractivity contribution in [2.24, 2.45) is 5.92 Å². The summed E-state index contributed by atoms with van der Waals surface area (Å²) < 4.78 is 21.6. The molecular formula is C7H11NO5S. The van der Waals surface area contributed by atoms with Crippen LogP contribution in [0.2, 0.25) is 0 Å². The molecule has 1 rings (SSSR count). The normalized spacial score (nSPS) is 22.1. The molecule has 0 saturated carbocycles. The van der Waals surface area contributed by atoms with Gasteiger partial charge < -0.3 is 10.4 Å².